The van der Waals surface area contributed by atoms with E-state index in [0.29, 0.717) is 31.2 Å². The third-order valence-electron chi connectivity index (χ3n) is 4.83. The zero-order valence-electron chi connectivity index (χ0n) is 17.9. The van der Waals surface area contributed by atoms with Crippen LogP contribution >= 0.6 is 11.8 Å². The van der Waals surface area contributed by atoms with Gasteiger partial charge in [0.15, 0.2) is 16.7 Å². The predicted molar refractivity (Wildman–Crippen MR) is 118 cm³/mol. The molecule has 0 fully saturated rings. The largest absolute Gasteiger partial charge is 0.493 e. The predicted octanol–water partition coefficient (Wildman–Crippen LogP) is 3.36. The second-order valence-electron chi connectivity index (χ2n) is 7.17. The molecule has 3 aromatic rings. The summed E-state index contributed by atoms with van der Waals surface area (Å²) in [5, 5.41) is 9.58. The van der Waals surface area contributed by atoms with Crippen LogP contribution in [-0.4, -0.2) is 53.0 Å². The highest BCUT2D eigenvalue weighted by Crippen LogP contribution is 2.42. The van der Waals surface area contributed by atoms with Gasteiger partial charge in [-0.05, 0) is 36.9 Å². The Morgan fingerprint density at radius 1 is 1.13 bits per heavy atom. The molecular formula is C22H26N4O4S. The summed E-state index contributed by atoms with van der Waals surface area (Å²) in [5.41, 5.74) is 1.08. The van der Waals surface area contributed by atoms with E-state index in [-0.39, 0.29) is 6.79 Å². The first kappa shape index (κ1) is 21.3. The van der Waals surface area contributed by atoms with E-state index in [1.807, 2.05) is 61.1 Å². The summed E-state index contributed by atoms with van der Waals surface area (Å²) < 4.78 is 24.2. The molecule has 2 heterocycles. The van der Waals surface area contributed by atoms with E-state index in [2.05, 4.69) is 15.1 Å². The lowest BCUT2D eigenvalue weighted by Crippen LogP contribution is -2.19. The van der Waals surface area contributed by atoms with Crippen LogP contribution in [0.4, 0.5) is 0 Å². The van der Waals surface area contributed by atoms with E-state index < -0.39 is 0 Å². The third kappa shape index (κ3) is 5.23. The molecule has 4 rings (SSSR count). The molecule has 0 saturated carbocycles. The van der Waals surface area contributed by atoms with Gasteiger partial charge in [0.25, 0.3) is 0 Å². The minimum absolute atomic E-state index is 0.223. The van der Waals surface area contributed by atoms with Gasteiger partial charge in [-0.1, -0.05) is 30.0 Å². The molecule has 1 aliphatic rings. The number of para-hydroxylation sites is 1. The van der Waals surface area contributed by atoms with Crippen LogP contribution in [0.15, 0.2) is 47.6 Å². The molecule has 0 unspecified atom stereocenters. The average Bonchev–Trinajstić information content (AvgIpc) is 3.38. The van der Waals surface area contributed by atoms with Gasteiger partial charge in [-0.15, -0.1) is 10.2 Å². The molecule has 0 bridgehead atoms. The summed E-state index contributed by atoms with van der Waals surface area (Å²) in [5.74, 6) is 4.66. The number of nitrogens with zero attached hydrogens (tertiary/aromatic N) is 4. The molecule has 0 saturated heterocycles. The van der Waals surface area contributed by atoms with Crippen molar-refractivity contribution in [2.45, 2.75) is 18.2 Å². The lowest BCUT2D eigenvalue weighted by atomic mass is 10.1. The Labute approximate surface area is 186 Å². The van der Waals surface area contributed by atoms with Crippen LogP contribution in [0.3, 0.4) is 0 Å². The van der Waals surface area contributed by atoms with Gasteiger partial charge in [0.2, 0.25) is 12.5 Å². The maximum atomic E-state index is 5.74. The van der Waals surface area contributed by atoms with Crippen LogP contribution in [0.5, 0.6) is 23.0 Å². The Hall–Kier alpha value is -2.91. The number of benzene rings is 2. The van der Waals surface area contributed by atoms with Crippen molar-refractivity contribution in [3.8, 4) is 23.0 Å². The lowest BCUT2D eigenvalue weighted by molar-refractivity contribution is 0.171. The van der Waals surface area contributed by atoms with Crippen LogP contribution in [0, 0.1) is 0 Å². The fourth-order valence-electron chi connectivity index (χ4n) is 3.30. The van der Waals surface area contributed by atoms with Gasteiger partial charge in [-0.2, -0.15) is 0 Å². The second kappa shape index (κ2) is 9.93. The second-order valence-corrected chi connectivity index (χ2v) is 8.23. The molecule has 1 aliphatic heterocycles. The normalized spacial score (nSPS) is 12.4. The van der Waals surface area contributed by atoms with Crippen molar-refractivity contribution in [1.82, 2.24) is 19.7 Å². The van der Waals surface area contributed by atoms with Crippen LogP contribution < -0.4 is 18.9 Å². The minimum Gasteiger partial charge on any atom is -0.493 e. The monoisotopic (exact) mass is 442 g/mol. The molecule has 9 heteroatoms. The van der Waals surface area contributed by atoms with Crippen molar-refractivity contribution in [3.63, 3.8) is 0 Å². The highest BCUT2D eigenvalue weighted by Gasteiger charge is 2.21. The van der Waals surface area contributed by atoms with E-state index in [1.165, 1.54) is 0 Å². The molecule has 1 aromatic heterocycles. The van der Waals surface area contributed by atoms with Crippen molar-refractivity contribution < 1.29 is 18.9 Å². The van der Waals surface area contributed by atoms with Crippen LogP contribution in [0.1, 0.15) is 11.4 Å². The molecule has 0 spiro atoms. The number of hydrogen-bond donors (Lipinski definition) is 0. The van der Waals surface area contributed by atoms with Gasteiger partial charge in [-0.3, -0.25) is 4.90 Å². The summed E-state index contributed by atoms with van der Waals surface area (Å²) in [6.07, 6.45) is 0. The van der Waals surface area contributed by atoms with Crippen molar-refractivity contribution in [1.29, 1.82) is 0 Å². The molecule has 0 N–H and O–H groups in total. The molecule has 2 aromatic carbocycles. The van der Waals surface area contributed by atoms with E-state index in [4.69, 9.17) is 18.9 Å². The summed E-state index contributed by atoms with van der Waals surface area (Å²) in [7, 11) is 5.67. The van der Waals surface area contributed by atoms with Gasteiger partial charge >= 0.3 is 0 Å². The lowest BCUT2D eigenvalue weighted by Gasteiger charge is -2.17. The Morgan fingerprint density at radius 2 is 1.97 bits per heavy atom. The van der Waals surface area contributed by atoms with Gasteiger partial charge in [0, 0.05) is 19.3 Å². The van der Waals surface area contributed by atoms with Crippen molar-refractivity contribution in [3.05, 3.63) is 53.9 Å². The quantitative estimate of drug-likeness (QED) is 0.350. The Balaban J connectivity index is 1.30. The molecule has 164 valence electrons. The van der Waals surface area contributed by atoms with Gasteiger partial charge in [0.05, 0.1) is 20.3 Å². The van der Waals surface area contributed by atoms with Crippen LogP contribution in [0.25, 0.3) is 0 Å². The number of aromatic nitrogens is 3. The SMILES string of the molecule is COc1cc(CN(C)Cc2nnc(SCCOc3ccccc3)n2C)cc2c1OCO2. The first-order chi connectivity index (χ1) is 15.1. The van der Waals surface area contributed by atoms with Crippen molar-refractivity contribution in [2.24, 2.45) is 7.05 Å². The zero-order chi connectivity index (χ0) is 21.6. The number of ether oxygens (including phenoxy) is 4. The van der Waals surface area contributed by atoms with Gasteiger partial charge < -0.3 is 23.5 Å². The number of hydrogen-bond acceptors (Lipinski definition) is 8. The molecule has 0 aliphatic carbocycles. The Bertz CT molecular complexity index is 1010. The molecule has 31 heavy (non-hydrogen) atoms. The number of rotatable bonds is 10. The zero-order valence-corrected chi connectivity index (χ0v) is 18.7. The fraction of sp³-hybridized carbons (Fsp3) is 0.364. The third-order valence-corrected chi connectivity index (χ3v) is 5.82. The highest BCUT2D eigenvalue weighted by molar-refractivity contribution is 7.99. The first-order valence-electron chi connectivity index (χ1n) is 9.98. The van der Waals surface area contributed by atoms with Crippen molar-refractivity contribution in [2.75, 3.05) is 33.3 Å². The van der Waals surface area contributed by atoms with Gasteiger partial charge in [0.1, 0.15) is 11.6 Å². The van der Waals surface area contributed by atoms with Crippen LogP contribution in [0.2, 0.25) is 0 Å². The summed E-state index contributed by atoms with van der Waals surface area (Å²) >= 11 is 1.64. The standard InChI is InChI=1S/C22H26N4O4S/c1-25(13-16-11-18(27-3)21-19(12-16)29-15-30-21)14-20-23-24-22(26(20)2)31-10-9-28-17-7-5-4-6-8-17/h4-8,11-12H,9-10,13-15H2,1-3H3. The van der Waals surface area contributed by atoms with E-state index >= 15 is 0 Å². The maximum Gasteiger partial charge on any atom is 0.231 e. The number of fused-ring (bicyclic) bond motifs is 1. The molecule has 0 radical (unpaired) electrons. The molecule has 0 amide bonds. The van der Waals surface area contributed by atoms with E-state index in [1.54, 1.807) is 18.9 Å². The Morgan fingerprint density at radius 3 is 2.77 bits per heavy atom. The van der Waals surface area contributed by atoms with E-state index in [0.717, 1.165) is 33.8 Å². The van der Waals surface area contributed by atoms with Crippen molar-refractivity contribution >= 4 is 11.8 Å². The number of methoxy groups -OCH3 is 1. The summed E-state index contributed by atoms with van der Waals surface area (Å²) in [6.45, 7) is 2.22. The summed E-state index contributed by atoms with van der Waals surface area (Å²) in [4.78, 5) is 2.17. The van der Waals surface area contributed by atoms with Crippen LogP contribution in [-0.2, 0) is 20.1 Å². The van der Waals surface area contributed by atoms with E-state index in [9.17, 15) is 0 Å². The highest BCUT2D eigenvalue weighted by atomic mass is 32.2. The molecule has 0 atom stereocenters. The minimum atomic E-state index is 0.223. The molecule has 8 nitrogen and oxygen atoms in total. The fourth-order valence-corrected chi connectivity index (χ4v) is 4.05. The smallest absolute Gasteiger partial charge is 0.231 e. The number of thioether (sulfide) groups is 1. The summed E-state index contributed by atoms with van der Waals surface area (Å²) in [6, 6.07) is 13.8. The average molecular weight is 443 g/mol. The Kier molecular flexibility index (Phi) is 6.83. The molecular weight excluding hydrogens is 416 g/mol. The van der Waals surface area contributed by atoms with Gasteiger partial charge in [-0.25, -0.2) is 0 Å². The topological polar surface area (TPSA) is 70.9 Å². The first-order valence-corrected chi connectivity index (χ1v) is 11.0. The maximum absolute atomic E-state index is 5.74.